The molecule has 1 unspecified atom stereocenters. The van der Waals surface area contributed by atoms with Crippen LogP contribution >= 0.6 is 11.6 Å². The average Bonchev–Trinajstić information content (AvgIpc) is 2.46. The van der Waals surface area contributed by atoms with Gasteiger partial charge in [0.05, 0.1) is 0 Å². The molecule has 97 valence electrons. The van der Waals surface area contributed by atoms with Crippen molar-refractivity contribution in [2.75, 3.05) is 0 Å². The summed E-state index contributed by atoms with van der Waals surface area (Å²) >= 11 is 6.13. The summed E-state index contributed by atoms with van der Waals surface area (Å²) in [6, 6.07) is 17.1. The first-order chi connectivity index (χ1) is 9.15. The van der Waals surface area contributed by atoms with E-state index in [0.29, 0.717) is 17.1 Å². The summed E-state index contributed by atoms with van der Waals surface area (Å²) < 4.78 is 0. The van der Waals surface area contributed by atoms with Crippen LogP contribution < -0.4 is 5.32 Å². The molecule has 0 aromatic heterocycles. The van der Waals surface area contributed by atoms with Gasteiger partial charge in [-0.2, -0.15) is 0 Å². The molecule has 1 N–H and O–H groups in total. The van der Waals surface area contributed by atoms with Crippen LogP contribution in [0.1, 0.15) is 11.1 Å². The molecule has 1 atom stereocenters. The van der Waals surface area contributed by atoms with E-state index >= 15 is 0 Å². The number of hydrogen-bond donors (Lipinski definition) is 1. The Bertz CT molecular complexity index is 556. The summed E-state index contributed by atoms with van der Waals surface area (Å²) in [7, 11) is 0. The van der Waals surface area contributed by atoms with Crippen molar-refractivity contribution in [3.63, 3.8) is 0 Å². The molecule has 0 fully saturated rings. The average molecular weight is 273 g/mol. The van der Waals surface area contributed by atoms with E-state index in [1.54, 1.807) is 6.07 Å². The minimum atomic E-state index is -1.03. The van der Waals surface area contributed by atoms with E-state index in [0.717, 1.165) is 11.8 Å². The Morgan fingerprint density at radius 1 is 1.11 bits per heavy atom. The van der Waals surface area contributed by atoms with Gasteiger partial charge in [0.1, 0.15) is 11.8 Å². The summed E-state index contributed by atoms with van der Waals surface area (Å²) in [5.74, 6) is 0. The van der Waals surface area contributed by atoms with E-state index in [1.807, 2.05) is 48.5 Å². The maximum Gasteiger partial charge on any atom is 0.144 e. The fourth-order valence-electron chi connectivity index (χ4n) is 1.88. The molecule has 0 amide bonds. The van der Waals surface area contributed by atoms with Crippen molar-refractivity contribution in [2.45, 2.75) is 12.1 Å². The fraction of sp³-hybridized carbons (Fsp3) is 0.125. The van der Waals surface area contributed by atoms with Gasteiger partial charge in [0.25, 0.3) is 0 Å². The molecular formula is C16H15ClNO. The molecule has 0 aliphatic heterocycles. The van der Waals surface area contributed by atoms with Crippen molar-refractivity contribution in [1.29, 1.82) is 0 Å². The molecule has 0 aliphatic carbocycles. The third-order valence-corrected chi connectivity index (χ3v) is 3.34. The first-order valence-corrected chi connectivity index (χ1v) is 6.39. The van der Waals surface area contributed by atoms with Gasteiger partial charge in [-0.15, -0.1) is 0 Å². The second-order valence-electron chi connectivity index (χ2n) is 4.41. The third-order valence-electron chi connectivity index (χ3n) is 3.01. The van der Waals surface area contributed by atoms with Gasteiger partial charge in [0.2, 0.25) is 0 Å². The van der Waals surface area contributed by atoms with Crippen LogP contribution in [0.5, 0.6) is 0 Å². The van der Waals surface area contributed by atoms with Crippen molar-refractivity contribution >= 4 is 17.9 Å². The molecule has 0 heterocycles. The molecule has 3 heteroatoms. The molecule has 0 spiro atoms. The maximum absolute atomic E-state index is 11.4. The number of rotatable bonds is 5. The molecule has 1 radical (unpaired) electrons. The first kappa shape index (κ1) is 13.8. The Morgan fingerprint density at radius 3 is 2.37 bits per heavy atom. The molecule has 2 rings (SSSR count). The van der Waals surface area contributed by atoms with Crippen molar-refractivity contribution in [3.05, 3.63) is 77.7 Å². The molecule has 0 bridgehead atoms. The lowest BCUT2D eigenvalue weighted by molar-refractivity contribution is -0.112. The van der Waals surface area contributed by atoms with Gasteiger partial charge in [-0.1, -0.05) is 60.1 Å². The molecule has 0 aliphatic rings. The minimum absolute atomic E-state index is 0.533. The Kier molecular flexibility index (Phi) is 4.35. The van der Waals surface area contributed by atoms with Crippen LogP contribution in [-0.2, 0) is 16.9 Å². The highest BCUT2D eigenvalue weighted by atomic mass is 35.5. The van der Waals surface area contributed by atoms with Crippen LogP contribution in [0.25, 0.3) is 0 Å². The van der Waals surface area contributed by atoms with Crippen LogP contribution in [0.15, 0.2) is 54.6 Å². The fourth-order valence-corrected chi connectivity index (χ4v) is 2.18. The zero-order valence-electron chi connectivity index (χ0n) is 10.5. The quantitative estimate of drug-likeness (QED) is 0.846. The molecular weight excluding hydrogens is 258 g/mol. The predicted octanol–water partition coefficient (Wildman–Crippen LogP) is 3.36. The number of halogens is 1. The second kappa shape index (κ2) is 6.00. The van der Waals surface area contributed by atoms with Gasteiger partial charge < -0.3 is 4.79 Å². The topological polar surface area (TPSA) is 29.1 Å². The predicted molar refractivity (Wildman–Crippen MR) is 77.8 cm³/mol. The van der Waals surface area contributed by atoms with E-state index in [1.165, 1.54) is 0 Å². The highest BCUT2D eigenvalue weighted by Crippen LogP contribution is 2.26. The number of benzene rings is 2. The highest BCUT2D eigenvalue weighted by molar-refractivity contribution is 6.31. The van der Waals surface area contributed by atoms with Crippen LogP contribution in [0.2, 0.25) is 5.02 Å². The lowest BCUT2D eigenvalue weighted by Gasteiger charge is -2.26. The maximum atomic E-state index is 11.4. The van der Waals surface area contributed by atoms with Crippen LogP contribution in [0, 0.1) is 6.92 Å². The van der Waals surface area contributed by atoms with Gasteiger partial charge in [-0.25, -0.2) is 0 Å². The van der Waals surface area contributed by atoms with E-state index in [2.05, 4.69) is 12.2 Å². The number of nitrogens with one attached hydrogen (secondary N) is 1. The van der Waals surface area contributed by atoms with E-state index in [-0.39, 0.29) is 0 Å². The summed E-state index contributed by atoms with van der Waals surface area (Å²) in [6.07, 6.45) is 0.789. The summed E-state index contributed by atoms with van der Waals surface area (Å²) in [5, 5.41) is 3.69. The zero-order chi connectivity index (χ0) is 13.7. The molecule has 0 saturated carbocycles. The van der Waals surface area contributed by atoms with Crippen LogP contribution in [0.3, 0.4) is 0 Å². The molecule has 2 nitrogen and oxygen atoms in total. The van der Waals surface area contributed by atoms with Gasteiger partial charge in [0, 0.05) is 11.6 Å². The molecule has 19 heavy (non-hydrogen) atoms. The van der Waals surface area contributed by atoms with Crippen LogP contribution in [0.4, 0.5) is 0 Å². The lowest BCUT2D eigenvalue weighted by Crippen LogP contribution is -2.41. The Hall–Kier alpha value is -1.64. The number of carbonyl (C=O) groups excluding carboxylic acids is 1. The summed E-state index contributed by atoms with van der Waals surface area (Å²) in [5.41, 5.74) is 0.737. The molecule has 2 aromatic rings. The number of carbonyl (C=O) groups is 1. The first-order valence-electron chi connectivity index (χ1n) is 6.01. The van der Waals surface area contributed by atoms with Gasteiger partial charge >= 0.3 is 0 Å². The smallest absolute Gasteiger partial charge is 0.144 e. The van der Waals surface area contributed by atoms with Crippen molar-refractivity contribution in [1.82, 2.24) is 5.32 Å². The zero-order valence-corrected chi connectivity index (χ0v) is 11.2. The molecule has 2 aromatic carbocycles. The second-order valence-corrected chi connectivity index (χ2v) is 4.82. The highest BCUT2D eigenvalue weighted by Gasteiger charge is 2.27. The Morgan fingerprint density at radius 2 is 1.74 bits per heavy atom. The largest absolute Gasteiger partial charge is 0.301 e. The SMILES string of the molecule is [CH2]C(C=O)(NCc1ccccc1)c1ccccc1Cl. The lowest BCUT2D eigenvalue weighted by atomic mass is 9.93. The third kappa shape index (κ3) is 3.22. The Balaban J connectivity index is 2.19. The van der Waals surface area contributed by atoms with E-state index < -0.39 is 5.54 Å². The normalized spacial score (nSPS) is 13.8. The Labute approximate surface area is 118 Å². The van der Waals surface area contributed by atoms with Gasteiger partial charge in [0.15, 0.2) is 0 Å². The van der Waals surface area contributed by atoms with Gasteiger partial charge in [-0.05, 0) is 24.1 Å². The van der Waals surface area contributed by atoms with Crippen molar-refractivity contribution in [2.24, 2.45) is 0 Å². The molecule has 0 saturated heterocycles. The van der Waals surface area contributed by atoms with Crippen LogP contribution in [-0.4, -0.2) is 6.29 Å². The van der Waals surface area contributed by atoms with E-state index in [4.69, 9.17) is 11.6 Å². The van der Waals surface area contributed by atoms with Gasteiger partial charge in [-0.3, -0.25) is 5.32 Å². The minimum Gasteiger partial charge on any atom is -0.301 e. The summed E-state index contributed by atoms with van der Waals surface area (Å²) in [6.45, 7) is 4.52. The monoisotopic (exact) mass is 272 g/mol. The van der Waals surface area contributed by atoms with Crippen molar-refractivity contribution in [3.8, 4) is 0 Å². The standard InChI is InChI=1S/C16H15ClNO/c1-16(12-19,14-9-5-6-10-15(14)17)18-11-13-7-3-2-4-8-13/h2-10,12,18H,1,11H2. The number of hydrogen-bond acceptors (Lipinski definition) is 2. The number of aldehydes is 1. The van der Waals surface area contributed by atoms with E-state index in [9.17, 15) is 4.79 Å². The summed E-state index contributed by atoms with van der Waals surface area (Å²) in [4.78, 5) is 11.4. The van der Waals surface area contributed by atoms with Crippen molar-refractivity contribution < 1.29 is 4.79 Å².